The van der Waals surface area contributed by atoms with Crippen molar-refractivity contribution in [3.63, 3.8) is 0 Å². The highest BCUT2D eigenvalue weighted by Crippen LogP contribution is 2.13. The molecular weight excluding hydrogens is 202 g/mol. The lowest BCUT2D eigenvalue weighted by Crippen LogP contribution is -2.25. The molecule has 0 spiro atoms. The molecule has 0 amide bonds. The fraction of sp³-hybridized carbons (Fsp3) is 0.750. The van der Waals surface area contributed by atoms with Gasteiger partial charge in [0.25, 0.3) is 0 Å². The minimum Gasteiger partial charge on any atom is -0.381 e. The molecule has 0 fully saturated rings. The van der Waals surface area contributed by atoms with E-state index in [0.717, 1.165) is 38.4 Å². The first-order valence-corrected chi connectivity index (χ1v) is 6.07. The van der Waals surface area contributed by atoms with Crippen LogP contribution < -0.4 is 5.32 Å². The van der Waals surface area contributed by atoms with E-state index in [0.29, 0.717) is 6.04 Å². The highest BCUT2D eigenvalue weighted by Gasteiger charge is 2.14. The Morgan fingerprint density at radius 2 is 2.25 bits per heavy atom. The summed E-state index contributed by atoms with van der Waals surface area (Å²) < 4.78 is 7.58. The Bertz CT molecular complexity index is 286. The van der Waals surface area contributed by atoms with Crippen LogP contribution in [0.25, 0.3) is 0 Å². The zero-order valence-electron chi connectivity index (χ0n) is 10.6. The fourth-order valence-electron chi connectivity index (χ4n) is 1.73. The first-order chi connectivity index (χ1) is 7.79. The summed E-state index contributed by atoms with van der Waals surface area (Å²) in [5.41, 5.74) is 0. The summed E-state index contributed by atoms with van der Waals surface area (Å²) in [7, 11) is 2.03. The Morgan fingerprint density at radius 1 is 1.44 bits per heavy atom. The molecule has 1 aromatic heterocycles. The van der Waals surface area contributed by atoms with Gasteiger partial charge < -0.3 is 14.6 Å². The summed E-state index contributed by atoms with van der Waals surface area (Å²) in [6.07, 6.45) is 5.87. The van der Waals surface area contributed by atoms with E-state index in [2.05, 4.69) is 28.7 Å². The predicted octanol–water partition coefficient (Wildman–Crippen LogP) is 1.89. The quantitative estimate of drug-likeness (QED) is 0.687. The smallest absolute Gasteiger partial charge is 0.125 e. The van der Waals surface area contributed by atoms with Crippen molar-refractivity contribution in [1.82, 2.24) is 14.9 Å². The summed E-state index contributed by atoms with van der Waals surface area (Å²) in [4.78, 5) is 4.38. The topological polar surface area (TPSA) is 39.1 Å². The van der Waals surface area contributed by atoms with Crippen LogP contribution in [-0.4, -0.2) is 29.3 Å². The molecule has 4 nitrogen and oxygen atoms in total. The van der Waals surface area contributed by atoms with Gasteiger partial charge in [0.1, 0.15) is 5.82 Å². The van der Waals surface area contributed by atoms with Crippen molar-refractivity contribution >= 4 is 0 Å². The number of nitrogens with zero attached hydrogens (tertiary/aromatic N) is 2. The molecule has 0 aromatic carbocycles. The molecule has 0 bridgehead atoms. The van der Waals surface area contributed by atoms with E-state index in [1.165, 1.54) is 0 Å². The molecule has 16 heavy (non-hydrogen) atoms. The number of aryl methyl sites for hydroxylation is 1. The molecule has 0 aliphatic rings. The van der Waals surface area contributed by atoms with Gasteiger partial charge in [0, 0.05) is 32.7 Å². The first kappa shape index (κ1) is 13.2. The van der Waals surface area contributed by atoms with Crippen molar-refractivity contribution in [3.8, 4) is 0 Å². The van der Waals surface area contributed by atoms with Crippen LogP contribution in [0.1, 0.15) is 38.6 Å². The minimum atomic E-state index is 0.293. The van der Waals surface area contributed by atoms with E-state index < -0.39 is 0 Å². The van der Waals surface area contributed by atoms with Crippen LogP contribution in [0.2, 0.25) is 0 Å². The monoisotopic (exact) mass is 225 g/mol. The molecule has 1 N–H and O–H groups in total. The summed E-state index contributed by atoms with van der Waals surface area (Å²) in [5.74, 6) is 1.09. The number of hydrogen-bond donors (Lipinski definition) is 1. The fourth-order valence-corrected chi connectivity index (χ4v) is 1.73. The molecule has 1 heterocycles. The van der Waals surface area contributed by atoms with Crippen molar-refractivity contribution in [3.05, 3.63) is 18.2 Å². The average Bonchev–Trinajstić information content (AvgIpc) is 2.69. The molecule has 1 aromatic rings. The van der Waals surface area contributed by atoms with Gasteiger partial charge in [-0.15, -0.1) is 0 Å². The van der Waals surface area contributed by atoms with Crippen LogP contribution >= 0.6 is 0 Å². The van der Waals surface area contributed by atoms with Crippen LogP contribution in [-0.2, 0) is 11.8 Å². The molecule has 0 aliphatic heterocycles. The van der Waals surface area contributed by atoms with Crippen LogP contribution in [0.5, 0.6) is 0 Å². The van der Waals surface area contributed by atoms with Crippen molar-refractivity contribution in [2.75, 3.05) is 19.8 Å². The standard InChI is InChI=1S/C12H23N3O/c1-4-9-16-10-6-11(13-5-2)12-14-7-8-15(12)3/h7-8,11,13H,4-6,9-10H2,1-3H3. The molecule has 1 unspecified atom stereocenters. The van der Waals surface area contributed by atoms with Crippen LogP contribution in [0.15, 0.2) is 12.4 Å². The Balaban J connectivity index is 2.45. The molecule has 0 saturated heterocycles. The number of imidazole rings is 1. The summed E-state index contributed by atoms with van der Waals surface area (Å²) in [6, 6.07) is 0.293. The van der Waals surface area contributed by atoms with Gasteiger partial charge in [0.05, 0.1) is 6.04 Å². The van der Waals surface area contributed by atoms with E-state index in [9.17, 15) is 0 Å². The van der Waals surface area contributed by atoms with E-state index in [4.69, 9.17) is 4.74 Å². The Kier molecular flexibility index (Phi) is 6.11. The number of hydrogen-bond acceptors (Lipinski definition) is 3. The number of nitrogens with one attached hydrogen (secondary N) is 1. The summed E-state index contributed by atoms with van der Waals surface area (Å²) in [5, 5.41) is 3.44. The highest BCUT2D eigenvalue weighted by molar-refractivity contribution is 4.98. The number of aromatic nitrogens is 2. The van der Waals surface area contributed by atoms with Gasteiger partial charge in [-0.1, -0.05) is 13.8 Å². The Morgan fingerprint density at radius 3 is 2.81 bits per heavy atom. The van der Waals surface area contributed by atoms with Crippen molar-refractivity contribution in [2.24, 2.45) is 7.05 Å². The maximum absolute atomic E-state index is 5.52. The highest BCUT2D eigenvalue weighted by atomic mass is 16.5. The van der Waals surface area contributed by atoms with Gasteiger partial charge in [-0.2, -0.15) is 0 Å². The summed E-state index contributed by atoms with van der Waals surface area (Å²) in [6.45, 7) is 6.83. The van der Waals surface area contributed by atoms with E-state index in [1.807, 2.05) is 19.4 Å². The second-order valence-corrected chi connectivity index (χ2v) is 3.91. The molecule has 4 heteroatoms. The third-order valence-electron chi connectivity index (χ3n) is 2.52. The van der Waals surface area contributed by atoms with Gasteiger partial charge in [-0.05, 0) is 19.4 Å². The zero-order valence-corrected chi connectivity index (χ0v) is 10.6. The summed E-state index contributed by atoms with van der Waals surface area (Å²) >= 11 is 0. The molecular formula is C12H23N3O. The van der Waals surface area contributed by atoms with Gasteiger partial charge in [0.15, 0.2) is 0 Å². The lowest BCUT2D eigenvalue weighted by molar-refractivity contribution is 0.123. The van der Waals surface area contributed by atoms with Crippen LogP contribution in [0, 0.1) is 0 Å². The van der Waals surface area contributed by atoms with E-state index in [1.54, 1.807) is 0 Å². The maximum Gasteiger partial charge on any atom is 0.125 e. The molecule has 1 rings (SSSR count). The zero-order chi connectivity index (χ0) is 11.8. The third kappa shape index (κ3) is 3.94. The molecule has 1 atom stereocenters. The normalized spacial score (nSPS) is 12.9. The Hall–Kier alpha value is -0.870. The third-order valence-corrected chi connectivity index (χ3v) is 2.52. The van der Waals surface area contributed by atoms with Gasteiger partial charge >= 0.3 is 0 Å². The van der Waals surface area contributed by atoms with Crippen molar-refractivity contribution in [2.45, 2.75) is 32.7 Å². The van der Waals surface area contributed by atoms with Crippen molar-refractivity contribution < 1.29 is 4.74 Å². The SMILES string of the molecule is CCCOCCC(NCC)c1nccn1C. The molecule has 0 radical (unpaired) electrons. The predicted molar refractivity (Wildman–Crippen MR) is 65.4 cm³/mol. The lowest BCUT2D eigenvalue weighted by Gasteiger charge is -2.17. The molecule has 92 valence electrons. The second kappa shape index (κ2) is 7.41. The van der Waals surface area contributed by atoms with Crippen molar-refractivity contribution in [1.29, 1.82) is 0 Å². The first-order valence-electron chi connectivity index (χ1n) is 6.07. The number of ether oxygens (including phenoxy) is 1. The van der Waals surface area contributed by atoms with E-state index >= 15 is 0 Å². The Labute approximate surface area is 98.0 Å². The molecule has 0 saturated carbocycles. The van der Waals surface area contributed by atoms with Gasteiger partial charge in [0.2, 0.25) is 0 Å². The average molecular weight is 225 g/mol. The second-order valence-electron chi connectivity index (χ2n) is 3.91. The van der Waals surface area contributed by atoms with Crippen LogP contribution in [0.4, 0.5) is 0 Å². The lowest BCUT2D eigenvalue weighted by atomic mass is 10.2. The minimum absolute atomic E-state index is 0.293. The van der Waals surface area contributed by atoms with Gasteiger partial charge in [-0.25, -0.2) is 4.98 Å². The molecule has 0 aliphatic carbocycles. The largest absolute Gasteiger partial charge is 0.381 e. The van der Waals surface area contributed by atoms with Gasteiger partial charge in [-0.3, -0.25) is 0 Å². The van der Waals surface area contributed by atoms with E-state index in [-0.39, 0.29) is 0 Å². The van der Waals surface area contributed by atoms with Crippen LogP contribution in [0.3, 0.4) is 0 Å². The maximum atomic E-state index is 5.52. The number of rotatable bonds is 8.